The van der Waals surface area contributed by atoms with Gasteiger partial charge in [0.1, 0.15) is 11.6 Å². The molecule has 3 N–H and O–H groups in total. The zero-order chi connectivity index (χ0) is 15.8. The number of aliphatic carboxylic acids is 1. The maximum atomic E-state index is 12.0. The quantitative estimate of drug-likeness (QED) is 0.666. The van der Waals surface area contributed by atoms with E-state index in [0.29, 0.717) is 10.6 Å². The first kappa shape index (κ1) is 17.1. The Morgan fingerprint density at radius 1 is 1.38 bits per heavy atom. The maximum Gasteiger partial charge on any atom is 0.305 e. The van der Waals surface area contributed by atoms with Crippen LogP contribution in [0.15, 0.2) is 6.07 Å². The maximum absolute atomic E-state index is 12.0. The van der Waals surface area contributed by atoms with Crippen molar-refractivity contribution in [2.45, 2.75) is 19.8 Å². The Bertz CT molecular complexity index is 527. The fourth-order valence-electron chi connectivity index (χ4n) is 1.55. The highest BCUT2D eigenvalue weighted by atomic mass is 32.1. The van der Waals surface area contributed by atoms with Crippen LogP contribution in [-0.4, -0.2) is 43.2 Å². The minimum atomic E-state index is -0.983. The molecule has 1 heterocycles. The smallest absolute Gasteiger partial charge is 0.305 e. The van der Waals surface area contributed by atoms with Gasteiger partial charge >= 0.3 is 5.97 Å². The van der Waals surface area contributed by atoms with E-state index in [-0.39, 0.29) is 25.5 Å². The molecule has 1 aromatic rings. The Balaban J connectivity index is 2.78. The predicted molar refractivity (Wildman–Crippen MR) is 78.8 cm³/mol. The van der Waals surface area contributed by atoms with E-state index in [9.17, 15) is 14.4 Å². The van der Waals surface area contributed by atoms with Gasteiger partial charge in [-0.2, -0.15) is 0 Å². The summed E-state index contributed by atoms with van der Waals surface area (Å²) in [6, 6.07) is 1.70. The van der Waals surface area contributed by atoms with Gasteiger partial charge < -0.3 is 20.5 Å². The van der Waals surface area contributed by atoms with Crippen LogP contribution in [0.2, 0.25) is 0 Å². The van der Waals surface area contributed by atoms with Gasteiger partial charge in [0, 0.05) is 18.5 Å². The van der Waals surface area contributed by atoms with Crippen LogP contribution in [-0.2, 0) is 20.7 Å². The molecule has 0 atom stereocenters. The molecular weight excluding hydrogens is 296 g/mol. The number of hydrogen-bond donors (Lipinski definition) is 3. The fourth-order valence-corrected chi connectivity index (χ4v) is 2.56. The molecule has 7 nitrogen and oxygen atoms in total. The molecule has 0 saturated heterocycles. The molecule has 0 aliphatic rings. The summed E-state index contributed by atoms with van der Waals surface area (Å²) < 4.78 is 4.73. The number of carboxylic acids is 1. The predicted octanol–water partition coefficient (Wildman–Crippen LogP) is 1.10. The summed E-state index contributed by atoms with van der Waals surface area (Å²) in [6.07, 6.45) is 0.585. The van der Waals surface area contributed by atoms with Crippen molar-refractivity contribution >= 4 is 34.1 Å². The Labute approximate surface area is 126 Å². The molecule has 0 saturated carbocycles. The first-order chi connectivity index (χ1) is 9.97. The molecule has 116 valence electrons. The van der Waals surface area contributed by atoms with Crippen LogP contribution >= 0.6 is 11.3 Å². The number of amides is 2. The highest BCUT2D eigenvalue weighted by Crippen LogP contribution is 2.28. The third kappa shape index (κ3) is 5.52. The molecule has 1 aromatic heterocycles. The number of hydrogen-bond acceptors (Lipinski definition) is 5. The van der Waals surface area contributed by atoms with E-state index in [1.807, 2.05) is 6.92 Å². The molecule has 2 amide bonds. The molecule has 0 aliphatic carbocycles. The Kier molecular flexibility index (Phi) is 6.83. The van der Waals surface area contributed by atoms with Crippen LogP contribution in [0.4, 0.5) is 5.00 Å². The normalized spacial score (nSPS) is 10.2. The van der Waals surface area contributed by atoms with Crippen molar-refractivity contribution in [2.75, 3.05) is 25.6 Å². The Morgan fingerprint density at radius 3 is 2.67 bits per heavy atom. The van der Waals surface area contributed by atoms with Crippen LogP contribution in [0.5, 0.6) is 0 Å². The first-order valence-electron chi connectivity index (χ1n) is 6.39. The molecule has 0 spiro atoms. The Morgan fingerprint density at radius 2 is 2.10 bits per heavy atom. The van der Waals surface area contributed by atoms with Gasteiger partial charge in [0.25, 0.3) is 11.8 Å². The van der Waals surface area contributed by atoms with Crippen molar-refractivity contribution in [1.29, 1.82) is 0 Å². The lowest BCUT2D eigenvalue weighted by Gasteiger charge is -2.06. The second-order valence-electron chi connectivity index (χ2n) is 4.19. The summed E-state index contributed by atoms with van der Waals surface area (Å²) >= 11 is 1.32. The van der Waals surface area contributed by atoms with Crippen molar-refractivity contribution in [1.82, 2.24) is 5.32 Å². The van der Waals surface area contributed by atoms with Crippen molar-refractivity contribution in [2.24, 2.45) is 0 Å². The third-order valence-corrected chi connectivity index (χ3v) is 3.72. The second kappa shape index (κ2) is 8.38. The van der Waals surface area contributed by atoms with Crippen molar-refractivity contribution < 1.29 is 24.2 Å². The van der Waals surface area contributed by atoms with E-state index in [1.165, 1.54) is 18.4 Å². The highest BCUT2D eigenvalue weighted by molar-refractivity contribution is 7.16. The molecular formula is C13H18N2O5S. The number of ether oxygens (including phenoxy) is 1. The second-order valence-corrected chi connectivity index (χ2v) is 5.33. The molecule has 0 fully saturated rings. The minimum Gasteiger partial charge on any atom is -0.481 e. The third-order valence-electron chi connectivity index (χ3n) is 2.53. The molecule has 0 radical (unpaired) electrons. The zero-order valence-electron chi connectivity index (χ0n) is 11.9. The summed E-state index contributed by atoms with van der Waals surface area (Å²) in [7, 11) is 1.41. The van der Waals surface area contributed by atoms with Crippen molar-refractivity contribution in [3.8, 4) is 0 Å². The summed E-state index contributed by atoms with van der Waals surface area (Å²) in [6.45, 7) is 1.88. The average Bonchev–Trinajstić information content (AvgIpc) is 2.81. The zero-order valence-corrected chi connectivity index (χ0v) is 12.7. The van der Waals surface area contributed by atoms with Crippen molar-refractivity contribution in [3.05, 3.63) is 16.5 Å². The lowest BCUT2D eigenvalue weighted by atomic mass is 10.2. The van der Waals surface area contributed by atoms with E-state index in [0.717, 1.165) is 11.3 Å². The van der Waals surface area contributed by atoms with Gasteiger partial charge in [-0.15, -0.1) is 11.3 Å². The molecule has 1 rings (SSSR count). The van der Waals surface area contributed by atoms with Gasteiger partial charge in [0.2, 0.25) is 0 Å². The highest BCUT2D eigenvalue weighted by Gasteiger charge is 2.17. The molecule has 21 heavy (non-hydrogen) atoms. The summed E-state index contributed by atoms with van der Waals surface area (Å²) in [5, 5.41) is 14.1. The fraction of sp³-hybridized carbons (Fsp3) is 0.462. The lowest BCUT2D eigenvalue weighted by Crippen LogP contribution is -2.27. The summed E-state index contributed by atoms with van der Waals surface area (Å²) in [5.41, 5.74) is 0.340. The summed E-state index contributed by atoms with van der Waals surface area (Å²) in [4.78, 5) is 35.0. The van der Waals surface area contributed by atoms with E-state index in [4.69, 9.17) is 9.84 Å². The summed E-state index contributed by atoms with van der Waals surface area (Å²) in [5.74, 6) is -1.73. The van der Waals surface area contributed by atoms with Gasteiger partial charge in [-0.3, -0.25) is 14.4 Å². The van der Waals surface area contributed by atoms with Crippen LogP contribution < -0.4 is 10.6 Å². The number of thiophene rings is 1. The van der Waals surface area contributed by atoms with Crippen LogP contribution in [0, 0.1) is 0 Å². The molecule has 0 aliphatic heterocycles. The van der Waals surface area contributed by atoms with Gasteiger partial charge in [-0.1, -0.05) is 6.92 Å². The average molecular weight is 314 g/mol. The lowest BCUT2D eigenvalue weighted by molar-refractivity contribution is -0.136. The van der Waals surface area contributed by atoms with E-state index >= 15 is 0 Å². The van der Waals surface area contributed by atoms with Gasteiger partial charge in [0.05, 0.1) is 12.0 Å². The molecule has 8 heteroatoms. The number of anilines is 1. The van der Waals surface area contributed by atoms with Gasteiger partial charge in [0.15, 0.2) is 0 Å². The van der Waals surface area contributed by atoms with Crippen LogP contribution in [0.1, 0.15) is 28.6 Å². The standard InChI is InChI=1S/C13H18N2O5S/c1-3-8-6-9(12(19)14-5-4-11(17)18)13(21-8)15-10(16)7-20-2/h6H,3-5,7H2,1-2H3,(H,14,19)(H,15,16)(H,17,18). The minimum absolute atomic E-state index is 0.0386. The molecule has 0 bridgehead atoms. The largest absolute Gasteiger partial charge is 0.481 e. The van der Waals surface area contributed by atoms with Gasteiger partial charge in [-0.05, 0) is 12.5 Å². The van der Waals surface area contributed by atoms with Gasteiger partial charge in [-0.25, -0.2) is 0 Å². The van der Waals surface area contributed by atoms with E-state index in [2.05, 4.69) is 10.6 Å². The topological polar surface area (TPSA) is 105 Å². The number of carbonyl (C=O) groups is 3. The molecule has 0 aromatic carbocycles. The first-order valence-corrected chi connectivity index (χ1v) is 7.21. The SMILES string of the molecule is CCc1cc(C(=O)NCCC(=O)O)c(NC(=O)COC)s1. The Hall–Kier alpha value is -1.93. The van der Waals surface area contributed by atoms with Crippen LogP contribution in [0.3, 0.4) is 0 Å². The molecule has 0 unspecified atom stereocenters. The number of methoxy groups -OCH3 is 1. The number of carboxylic acid groups (broad SMARTS) is 1. The number of aryl methyl sites for hydroxylation is 1. The number of carbonyl (C=O) groups excluding carboxylic acids is 2. The van der Waals surface area contributed by atoms with E-state index < -0.39 is 11.9 Å². The van der Waals surface area contributed by atoms with E-state index in [1.54, 1.807) is 6.07 Å². The number of nitrogens with one attached hydrogen (secondary N) is 2. The van der Waals surface area contributed by atoms with Crippen LogP contribution in [0.25, 0.3) is 0 Å². The number of rotatable bonds is 8. The monoisotopic (exact) mass is 314 g/mol. The van der Waals surface area contributed by atoms with Crippen molar-refractivity contribution in [3.63, 3.8) is 0 Å².